The van der Waals surface area contributed by atoms with Crippen molar-refractivity contribution in [1.82, 2.24) is 5.32 Å². The molecule has 0 spiro atoms. The van der Waals surface area contributed by atoms with Crippen LogP contribution in [0.25, 0.3) is 0 Å². The van der Waals surface area contributed by atoms with Gasteiger partial charge in [0.2, 0.25) is 0 Å². The van der Waals surface area contributed by atoms with Crippen molar-refractivity contribution >= 4 is 5.97 Å². The van der Waals surface area contributed by atoms with E-state index in [1.807, 2.05) is 30.3 Å². The fourth-order valence-electron chi connectivity index (χ4n) is 8.34. The Labute approximate surface area is 239 Å². The second-order valence-corrected chi connectivity index (χ2v) is 13.0. The lowest BCUT2D eigenvalue weighted by Gasteiger charge is -2.64. The number of hydrogen-bond acceptors (Lipinski definition) is 5. The van der Waals surface area contributed by atoms with Crippen LogP contribution < -0.4 is 5.32 Å². The Balaban J connectivity index is 1.25. The molecule has 212 valence electrons. The highest BCUT2D eigenvalue weighted by Crippen LogP contribution is 2.64. The van der Waals surface area contributed by atoms with Crippen LogP contribution in [0.15, 0.2) is 84.5 Å². The molecule has 0 aromatic heterocycles. The summed E-state index contributed by atoms with van der Waals surface area (Å²) in [4.78, 5) is 12.7. The molecule has 2 aromatic rings. The fraction of sp³-hybridized carbons (Fsp3) is 0.514. The van der Waals surface area contributed by atoms with Crippen LogP contribution in [0.5, 0.6) is 0 Å². The molecule has 5 heteroatoms. The third kappa shape index (κ3) is 4.76. The van der Waals surface area contributed by atoms with Crippen LogP contribution in [0.1, 0.15) is 64.0 Å². The van der Waals surface area contributed by atoms with E-state index in [9.17, 15) is 4.79 Å². The average Bonchev–Trinajstić information content (AvgIpc) is 3.39. The SMILES string of the molecule is C=C1CCC2[C@]3(C)COC(C)(c4ccccc4)OC3CC[C@]2(C)[C@H]1CC(NCc1ccccc1)C1=CCOC1=O. The van der Waals surface area contributed by atoms with Crippen LogP contribution in [-0.4, -0.2) is 31.3 Å². The predicted octanol–water partition coefficient (Wildman–Crippen LogP) is 6.70. The third-order valence-electron chi connectivity index (χ3n) is 10.6. The maximum absolute atomic E-state index is 12.7. The Morgan fingerprint density at radius 1 is 1.00 bits per heavy atom. The number of allylic oxidation sites excluding steroid dienone is 1. The topological polar surface area (TPSA) is 56.8 Å². The Hall–Kier alpha value is -2.73. The Morgan fingerprint density at radius 3 is 2.42 bits per heavy atom. The van der Waals surface area contributed by atoms with Gasteiger partial charge in [-0.3, -0.25) is 0 Å². The Bertz CT molecular complexity index is 1270. The number of esters is 1. The highest BCUT2D eigenvalue weighted by atomic mass is 16.7. The zero-order chi connectivity index (χ0) is 28.0. The van der Waals surface area contributed by atoms with Gasteiger partial charge in [0.1, 0.15) is 6.61 Å². The summed E-state index contributed by atoms with van der Waals surface area (Å²) in [5.41, 5.74) is 4.31. The van der Waals surface area contributed by atoms with E-state index in [-0.39, 0.29) is 34.9 Å². The highest BCUT2D eigenvalue weighted by molar-refractivity contribution is 5.91. The number of fused-ring (bicyclic) bond motifs is 3. The minimum absolute atomic E-state index is 0.0452. The van der Waals surface area contributed by atoms with Gasteiger partial charge in [-0.1, -0.05) is 86.7 Å². The van der Waals surface area contributed by atoms with E-state index in [0.717, 1.165) is 43.2 Å². The van der Waals surface area contributed by atoms with Gasteiger partial charge in [0.15, 0.2) is 5.79 Å². The molecule has 4 aliphatic rings. The summed E-state index contributed by atoms with van der Waals surface area (Å²) in [5.74, 6) is -0.194. The zero-order valence-electron chi connectivity index (χ0n) is 24.2. The van der Waals surface area contributed by atoms with Crippen LogP contribution in [0.2, 0.25) is 0 Å². The third-order valence-corrected chi connectivity index (χ3v) is 10.6. The van der Waals surface area contributed by atoms with Gasteiger partial charge in [-0.15, -0.1) is 0 Å². The molecule has 2 saturated carbocycles. The first-order valence-corrected chi connectivity index (χ1v) is 14.9. The first-order valence-electron chi connectivity index (χ1n) is 14.9. The van der Waals surface area contributed by atoms with Gasteiger partial charge in [-0.05, 0) is 67.9 Å². The molecule has 2 aromatic carbocycles. The normalized spacial score (nSPS) is 36.3. The van der Waals surface area contributed by atoms with Crippen molar-refractivity contribution in [3.8, 4) is 0 Å². The summed E-state index contributed by atoms with van der Waals surface area (Å²) >= 11 is 0. The maximum atomic E-state index is 12.7. The molecule has 6 rings (SSSR count). The largest absolute Gasteiger partial charge is 0.458 e. The smallest absolute Gasteiger partial charge is 0.335 e. The zero-order valence-corrected chi connectivity index (χ0v) is 24.2. The molecule has 7 atom stereocenters. The lowest BCUT2D eigenvalue weighted by atomic mass is 9.45. The molecule has 3 fully saturated rings. The van der Waals surface area contributed by atoms with Crippen molar-refractivity contribution in [2.45, 2.75) is 77.4 Å². The summed E-state index contributed by atoms with van der Waals surface area (Å²) in [6, 6.07) is 20.6. The van der Waals surface area contributed by atoms with Crippen molar-refractivity contribution in [3.63, 3.8) is 0 Å². The Morgan fingerprint density at radius 2 is 1.73 bits per heavy atom. The molecule has 0 bridgehead atoms. The standard InChI is InChI=1S/C35H43NO4/c1-24-15-16-30-33(2,19-17-31-34(30,3)23-39-35(4,40-31)26-13-9-6-10-14-26)28(24)21-29(27-18-20-38-32(27)37)36-22-25-11-7-5-8-12-25/h5-14,18,28-31,36H,1,15-17,19-23H2,2-4H3/t28-,29?,30?,31?,33+,34-,35?/m0/s1. The fourth-order valence-corrected chi connectivity index (χ4v) is 8.34. The van der Waals surface area contributed by atoms with Gasteiger partial charge < -0.3 is 19.5 Å². The van der Waals surface area contributed by atoms with E-state index in [2.05, 4.69) is 69.1 Å². The second-order valence-electron chi connectivity index (χ2n) is 13.0. The molecule has 0 amide bonds. The summed E-state index contributed by atoms with van der Waals surface area (Å²) in [7, 11) is 0. The quantitative estimate of drug-likeness (QED) is 0.312. The molecule has 1 saturated heterocycles. The van der Waals surface area contributed by atoms with Gasteiger partial charge in [0.25, 0.3) is 0 Å². The van der Waals surface area contributed by atoms with Crippen LogP contribution in [0.4, 0.5) is 0 Å². The number of rotatable bonds is 7. The van der Waals surface area contributed by atoms with Crippen LogP contribution >= 0.6 is 0 Å². The summed E-state index contributed by atoms with van der Waals surface area (Å²) in [6.45, 7) is 13.3. The van der Waals surface area contributed by atoms with Crippen LogP contribution in [-0.2, 0) is 31.3 Å². The van der Waals surface area contributed by atoms with Crippen LogP contribution in [0.3, 0.4) is 0 Å². The second kappa shape index (κ2) is 10.6. The summed E-state index contributed by atoms with van der Waals surface area (Å²) < 4.78 is 18.8. The van der Waals surface area contributed by atoms with Gasteiger partial charge in [-0.25, -0.2) is 4.79 Å². The number of carbonyl (C=O) groups is 1. The van der Waals surface area contributed by atoms with E-state index in [1.54, 1.807) is 0 Å². The number of benzene rings is 2. The van der Waals surface area contributed by atoms with Crippen molar-refractivity contribution in [1.29, 1.82) is 0 Å². The minimum atomic E-state index is -0.724. The van der Waals surface area contributed by atoms with Gasteiger partial charge in [0, 0.05) is 23.6 Å². The Kier molecular flexibility index (Phi) is 7.27. The van der Waals surface area contributed by atoms with E-state index >= 15 is 0 Å². The van der Waals surface area contributed by atoms with E-state index < -0.39 is 5.79 Å². The molecule has 2 aliphatic heterocycles. The number of nitrogens with one attached hydrogen (secondary N) is 1. The molecule has 2 heterocycles. The van der Waals surface area contributed by atoms with Crippen molar-refractivity contribution in [3.05, 3.63) is 95.6 Å². The van der Waals surface area contributed by atoms with Crippen molar-refractivity contribution in [2.75, 3.05) is 13.2 Å². The van der Waals surface area contributed by atoms with Crippen molar-refractivity contribution in [2.24, 2.45) is 22.7 Å². The summed E-state index contributed by atoms with van der Waals surface area (Å²) in [6.07, 6.45) is 7.09. The molecule has 0 radical (unpaired) electrons. The highest BCUT2D eigenvalue weighted by Gasteiger charge is 2.62. The molecule has 40 heavy (non-hydrogen) atoms. The molecule has 2 aliphatic carbocycles. The van der Waals surface area contributed by atoms with Gasteiger partial charge in [0.05, 0.1) is 18.3 Å². The number of carbonyl (C=O) groups excluding carboxylic acids is 1. The van der Waals surface area contributed by atoms with E-state index in [4.69, 9.17) is 14.2 Å². The number of cyclic esters (lactones) is 1. The molecular weight excluding hydrogens is 498 g/mol. The molecular formula is C35H43NO4. The van der Waals surface area contributed by atoms with Crippen molar-refractivity contribution < 1.29 is 19.0 Å². The van der Waals surface area contributed by atoms with E-state index in [0.29, 0.717) is 25.7 Å². The first-order chi connectivity index (χ1) is 19.2. The number of hydrogen-bond donors (Lipinski definition) is 1. The number of ether oxygens (including phenoxy) is 3. The van der Waals surface area contributed by atoms with E-state index in [1.165, 1.54) is 11.1 Å². The van der Waals surface area contributed by atoms with Crippen LogP contribution in [0, 0.1) is 22.7 Å². The monoisotopic (exact) mass is 541 g/mol. The first kappa shape index (κ1) is 27.4. The van der Waals surface area contributed by atoms with Gasteiger partial charge >= 0.3 is 5.97 Å². The summed E-state index contributed by atoms with van der Waals surface area (Å²) in [5, 5.41) is 3.72. The predicted molar refractivity (Wildman–Crippen MR) is 156 cm³/mol. The molecule has 5 nitrogen and oxygen atoms in total. The minimum Gasteiger partial charge on any atom is -0.458 e. The lowest BCUT2D eigenvalue weighted by Crippen LogP contribution is -2.63. The maximum Gasteiger partial charge on any atom is 0.335 e. The average molecular weight is 542 g/mol. The molecule has 1 N–H and O–H groups in total. The van der Waals surface area contributed by atoms with Gasteiger partial charge in [-0.2, -0.15) is 0 Å². The molecule has 4 unspecified atom stereocenters. The lowest BCUT2D eigenvalue weighted by molar-refractivity contribution is -0.359.